The van der Waals surface area contributed by atoms with Crippen LogP contribution < -0.4 is 4.90 Å². The van der Waals surface area contributed by atoms with Crippen LogP contribution in [0.1, 0.15) is 10.4 Å². The van der Waals surface area contributed by atoms with Crippen molar-refractivity contribution in [2.45, 2.75) is 0 Å². The number of amides is 1. The van der Waals surface area contributed by atoms with Crippen LogP contribution in [0.5, 0.6) is 0 Å². The van der Waals surface area contributed by atoms with Gasteiger partial charge in [-0.1, -0.05) is 12.1 Å². The summed E-state index contributed by atoms with van der Waals surface area (Å²) in [7, 11) is 0. The Morgan fingerprint density at radius 3 is 2.39 bits per heavy atom. The van der Waals surface area contributed by atoms with Crippen molar-refractivity contribution in [1.29, 1.82) is 0 Å². The Labute approximate surface area is 171 Å². The van der Waals surface area contributed by atoms with Crippen LogP contribution in [0.4, 0.5) is 10.2 Å². The third-order valence-electron chi connectivity index (χ3n) is 4.79. The Morgan fingerprint density at radius 1 is 0.964 bits per heavy atom. The van der Waals surface area contributed by atoms with Crippen LogP contribution in [0.25, 0.3) is 11.3 Å². The lowest BCUT2D eigenvalue weighted by Gasteiger charge is -2.35. The van der Waals surface area contributed by atoms with Gasteiger partial charge in [0.15, 0.2) is 0 Å². The highest BCUT2D eigenvalue weighted by molar-refractivity contribution is 9.10. The van der Waals surface area contributed by atoms with Gasteiger partial charge in [-0.15, -0.1) is 0 Å². The van der Waals surface area contributed by atoms with E-state index in [1.54, 1.807) is 12.1 Å². The van der Waals surface area contributed by atoms with Gasteiger partial charge < -0.3 is 9.80 Å². The molecular formula is C21H18BrFN4O. The zero-order valence-electron chi connectivity index (χ0n) is 15.1. The first-order chi connectivity index (χ1) is 13.6. The van der Waals surface area contributed by atoms with Gasteiger partial charge in [0.05, 0.1) is 11.3 Å². The lowest BCUT2D eigenvalue weighted by Crippen LogP contribution is -2.49. The van der Waals surface area contributed by atoms with Gasteiger partial charge in [-0.05, 0) is 52.3 Å². The number of nitrogens with zero attached hydrogens (tertiary/aromatic N) is 4. The number of carbonyl (C=O) groups is 1. The Bertz CT molecular complexity index is 988. The van der Waals surface area contributed by atoms with E-state index in [1.165, 1.54) is 18.5 Å². The summed E-state index contributed by atoms with van der Waals surface area (Å²) in [5.41, 5.74) is 2.26. The SMILES string of the molecule is O=C(c1ccccc1Br)N1CCN(c2cc(-c3ccc(F)cc3)ncn2)CC1. The molecule has 28 heavy (non-hydrogen) atoms. The smallest absolute Gasteiger partial charge is 0.255 e. The zero-order chi connectivity index (χ0) is 19.5. The molecule has 0 saturated carbocycles. The maximum absolute atomic E-state index is 13.1. The second-order valence-electron chi connectivity index (χ2n) is 6.53. The molecule has 5 nitrogen and oxygen atoms in total. The first-order valence-electron chi connectivity index (χ1n) is 8.98. The molecule has 2 heterocycles. The standard InChI is InChI=1S/C21H18BrFN4O/c22-18-4-2-1-3-17(18)21(28)27-11-9-26(10-12-27)20-13-19(24-14-25-20)15-5-7-16(23)8-6-15/h1-8,13-14H,9-12H2. The molecule has 4 rings (SSSR count). The van der Waals surface area contributed by atoms with Crippen LogP contribution >= 0.6 is 15.9 Å². The van der Waals surface area contributed by atoms with E-state index in [9.17, 15) is 9.18 Å². The average Bonchev–Trinajstić information content (AvgIpc) is 2.74. The summed E-state index contributed by atoms with van der Waals surface area (Å²) in [6.07, 6.45) is 1.52. The fourth-order valence-corrected chi connectivity index (χ4v) is 3.70. The maximum Gasteiger partial charge on any atom is 0.255 e. The van der Waals surface area contributed by atoms with Crippen molar-refractivity contribution in [2.75, 3.05) is 31.1 Å². The molecule has 0 radical (unpaired) electrons. The molecule has 0 spiro atoms. The molecule has 1 aromatic heterocycles. The Hall–Kier alpha value is -2.80. The molecule has 1 saturated heterocycles. The van der Waals surface area contributed by atoms with E-state index < -0.39 is 0 Å². The van der Waals surface area contributed by atoms with Crippen molar-refractivity contribution in [1.82, 2.24) is 14.9 Å². The van der Waals surface area contributed by atoms with Gasteiger partial charge >= 0.3 is 0 Å². The molecule has 2 aromatic carbocycles. The van der Waals surface area contributed by atoms with Crippen molar-refractivity contribution in [3.8, 4) is 11.3 Å². The highest BCUT2D eigenvalue weighted by Crippen LogP contribution is 2.23. The summed E-state index contributed by atoms with van der Waals surface area (Å²) >= 11 is 3.45. The molecule has 0 unspecified atom stereocenters. The molecule has 1 fully saturated rings. The number of benzene rings is 2. The minimum absolute atomic E-state index is 0.0295. The highest BCUT2D eigenvalue weighted by Gasteiger charge is 2.24. The normalized spacial score (nSPS) is 14.2. The number of aromatic nitrogens is 2. The number of hydrogen-bond acceptors (Lipinski definition) is 4. The first-order valence-corrected chi connectivity index (χ1v) is 9.78. The van der Waals surface area contributed by atoms with Crippen molar-refractivity contribution in [3.05, 3.63) is 76.8 Å². The van der Waals surface area contributed by atoms with Crippen LogP contribution in [0, 0.1) is 5.82 Å². The zero-order valence-corrected chi connectivity index (χ0v) is 16.6. The maximum atomic E-state index is 13.1. The molecule has 7 heteroatoms. The predicted octanol–water partition coefficient (Wildman–Crippen LogP) is 4.01. The van der Waals surface area contributed by atoms with E-state index in [-0.39, 0.29) is 11.7 Å². The molecule has 142 valence electrons. The predicted molar refractivity (Wildman–Crippen MR) is 110 cm³/mol. The van der Waals surface area contributed by atoms with E-state index in [1.807, 2.05) is 35.2 Å². The summed E-state index contributed by atoms with van der Waals surface area (Å²) in [6.45, 7) is 2.62. The van der Waals surface area contributed by atoms with E-state index in [0.29, 0.717) is 31.7 Å². The summed E-state index contributed by atoms with van der Waals surface area (Å²) in [6, 6.07) is 15.6. The quantitative estimate of drug-likeness (QED) is 0.617. The molecule has 3 aromatic rings. The van der Waals surface area contributed by atoms with Crippen LogP contribution in [0.2, 0.25) is 0 Å². The van der Waals surface area contributed by atoms with Gasteiger partial charge in [0.2, 0.25) is 0 Å². The molecule has 1 amide bonds. The summed E-state index contributed by atoms with van der Waals surface area (Å²) in [4.78, 5) is 25.4. The molecule has 0 bridgehead atoms. The van der Waals surface area contributed by atoms with Crippen molar-refractivity contribution < 1.29 is 9.18 Å². The van der Waals surface area contributed by atoms with Gasteiger partial charge in [0.25, 0.3) is 5.91 Å². The monoisotopic (exact) mass is 440 g/mol. The highest BCUT2D eigenvalue weighted by atomic mass is 79.9. The van der Waals surface area contributed by atoms with Crippen molar-refractivity contribution in [2.24, 2.45) is 0 Å². The van der Waals surface area contributed by atoms with Gasteiger partial charge in [-0.3, -0.25) is 4.79 Å². The van der Waals surface area contributed by atoms with Gasteiger partial charge in [0.1, 0.15) is 18.0 Å². The van der Waals surface area contributed by atoms with Gasteiger partial charge in [0, 0.05) is 42.3 Å². The lowest BCUT2D eigenvalue weighted by atomic mass is 10.1. The Morgan fingerprint density at radius 2 is 1.68 bits per heavy atom. The molecular weight excluding hydrogens is 423 g/mol. The second-order valence-corrected chi connectivity index (χ2v) is 7.38. The molecule has 1 aliphatic heterocycles. The van der Waals surface area contributed by atoms with Gasteiger partial charge in [-0.25, -0.2) is 14.4 Å². The topological polar surface area (TPSA) is 49.3 Å². The van der Waals surface area contributed by atoms with E-state index >= 15 is 0 Å². The number of piperazine rings is 1. The van der Waals surface area contributed by atoms with Gasteiger partial charge in [-0.2, -0.15) is 0 Å². The number of anilines is 1. The average molecular weight is 441 g/mol. The van der Waals surface area contributed by atoms with E-state index in [2.05, 4.69) is 30.8 Å². The Kier molecular flexibility index (Phi) is 5.34. The largest absolute Gasteiger partial charge is 0.353 e. The fourth-order valence-electron chi connectivity index (χ4n) is 3.24. The van der Waals surface area contributed by atoms with E-state index in [4.69, 9.17) is 0 Å². The van der Waals surface area contributed by atoms with Crippen LogP contribution in [-0.4, -0.2) is 47.0 Å². The third kappa shape index (κ3) is 3.89. The lowest BCUT2D eigenvalue weighted by molar-refractivity contribution is 0.0745. The first kappa shape index (κ1) is 18.6. The summed E-state index contributed by atoms with van der Waals surface area (Å²) in [5, 5.41) is 0. The van der Waals surface area contributed by atoms with Crippen molar-refractivity contribution >= 4 is 27.7 Å². The van der Waals surface area contributed by atoms with Crippen LogP contribution in [0.15, 0.2) is 65.4 Å². The minimum Gasteiger partial charge on any atom is -0.353 e. The fraction of sp³-hybridized carbons (Fsp3) is 0.190. The number of hydrogen-bond donors (Lipinski definition) is 0. The van der Waals surface area contributed by atoms with E-state index in [0.717, 1.165) is 21.5 Å². The number of carbonyl (C=O) groups excluding carboxylic acids is 1. The van der Waals surface area contributed by atoms with Crippen LogP contribution in [-0.2, 0) is 0 Å². The summed E-state index contributed by atoms with van der Waals surface area (Å²) in [5.74, 6) is 0.563. The number of rotatable bonds is 3. The molecule has 0 N–H and O–H groups in total. The van der Waals surface area contributed by atoms with Crippen molar-refractivity contribution in [3.63, 3.8) is 0 Å². The molecule has 1 aliphatic rings. The summed E-state index contributed by atoms with van der Waals surface area (Å²) < 4.78 is 14.0. The van der Waals surface area contributed by atoms with Crippen LogP contribution in [0.3, 0.4) is 0 Å². The molecule has 0 aliphatic carbocycles. The molecule has 0 atom stereocenters. The minimum atomic E-state index is -0.274. The number of halogens is 2. The Balaban J connectivity index is 1.45. The third-order valence-corrected chi connectivity index (χ3v) is 5.48. The second kappa shape index (κ2) is 8.06.